The summed E-state index contributed by atoms with van der Waals surface area (Å²) in [5.41, 5.74) is 1.55. The Morgan fingerprint density at radius 2 is 1.54 bits per heavy atom. The number of urea groups is 1. The fourth-order valence-electron chi connectivity index (χ4n) is 2.98. The predicted octanol–water partition coefficient (Wildman–Crippen LogP) is 3.13. The quantitative estimate of drug-likeness (QED) is 0.920. The summed E-state index contributed by atoms with van der Waals surface area (Å²) in [6.07, 6.45) is 0.980. The van der Waals surface area contributed by atoms with Gasteiger partial charge in [0.05, 0.1) is 6.42 Å². The van der Waals surface area contributed by atoms with Crippen LogP contribution in [0.25, 0.3) is 0 Å². The molecular formula is C20H22FN3O2. The van der Waals surface area contributed by atoms with Crippen molar-refractivity contribution in [3.63, 3.8) is 0 Å². The van der Waals surface area contributed by atoms with Crippen LogP contribution in [-0.2, 0) is 11.2 Å². The number of carbonyl (C=O) groups excluding carboxylic acids is 2. The lowest BCUT2D eigenvalue weighted by molar-refractivity contribution is -0.130. The van der Waals surface area contributed by atoms with E-state index in [1.807, 2.05) is 30.3 Å². The van der Waals surface area contributed by atoms with Crippen molar-refractivity contribution in [2.45, 2.75) is 12.8 Å². The summed E-state index contributed by atoms with van der Waals surface area (Å²) in [5.74, 6) is -0.307. The monoisotopic (exact) mass is 355 g/mol. The van der Waals surface area contributed by atoms with E-state index in [2.05, 4.69) is 5.32 Å². The zero-order valence-electron chi connectivity index (χ0n) is 14.5. The van der Waals surface area contributed by atoms with Crippen LogP contribution in [0.4, 0.5) is 14.9 Å². The highest BCUT2D eigenvalue weighted by Crippen LogP contribution is 2.11. The number of amides is 3. The molecule has 0 bridgehead atoms. The Bertz CT molecular complexity index is 749. The molecule has 1 saturated heterocycles. The maximum Gasteiger partial charge on any atom is 0.321 e. The molecule has 26 heavy (non-hydrogen) atoms. The Hall–Kier alpha value is -2.89. The lowest BCUT2D eigenvalue weighted by Gasteiger charge is -2.22. The Morgan fingerprint density at radius 3 is 2.27 bits per heavy atom. The van der Waals surface area contributed by atoms with Crippen molar-refractivity contribution >= 4 is 17.6 Å². The SMILES string of the molecule is O=C(Cc1ccc(F)cc1)N1CCCN(C(=O)Nc2ccccc2)CC1. The summed E-state index contributed by atoms with van der Waals surface area (Å²) >= 11 is 0. The molecule has 1 N–H and O–H groups in total. The van der Waals surface area contributed by atoms with E-state index >= 15 is 0 Å². The summed E-state index contributed by atoms with van der Waals surface area (Å²) in [5, 5.41) is 2.88. The molecule has 3 rings (SSSR count). The van der Waals surface area contributed by atoms with Gasteiger partial charge in [-0.05, 0) is 36.2 Å². The van der Waals surface area contributed by atoms with Gasteiger partial charge in [0.2, 0.25) is 5.91 Å². The second-order valence-electron chi connectivity index (χ2n) is 6.32. The van der Waals surface area contributed by atoms with Crippen LogP contribution in [0.1, 0.15) is 12.0 Å². The van der Waals surface area contributed by atoms with Gasteiger partial charge in [-0.2, -0.15) is 0 Å². The molecule has 1 heterocycles. The van der Waals surface area contributed by atoms with Gasteiger partial charge in [0.1, 0.15) is 5.82 Å². The van der Waals surface area contributed by atoms with Gasteiger partial charge < -0.3 is 15.1 Å². The Kier molecular flexibility index (Phi) is 5.84. The Balaban J connectivity index is 1.53. The van der Waals surface area contributed by atoms with E-state index in [1.54, 1.807) is 21.9 Å². The molecule has 0 atom stereocenters. The molecule has 1 aliphatic heterocycles. The molecule has 0 aliphatic carbocycles. The zero-order valence-corrected chi connectivity index (χ0v) is 14.5. The summed E-state index contributed by atoms with van der Waals surface area (Å²) in [4.78, 5) is 28.4. The van der Waals surface area contributed by atoms with Gasteiger partial charge in [-0.1, -0.05) is 30.3 Å². The van der Waals surface area contributed by atoms with Crippen LogP contribution in [0.3, 0.4) is 0 Å². The first-order valence-electron chi connectivity index (χ1n) is 8.75. The number of nitrogens with zero attached hydrogens (tertiary/aromatic N) is 2. The van der Waals surface area contributed by atoms with Crippen LogP contribution in [0.5, 0.6) is 0 Å². The normalized spacial score (nSPS) is 14.7. The van der Waals surface area contributed by atoms with Crippen molar-refractivity contribution in [1.29, 1.82) is 0 Å². The van der Waals surface area contributed by atoms with Crippen LogP contribution in [0, 0.1) is 5.82 Å². The number of hydrogen-bond acceptors (Lipinski definition) is 2. The number of halogens is 1. The molecule has 2 aromatic rings. The van der Waals surface area contributed by atoms with Gasteiger partial charge in [-0.15, -0.1) is 0 Å². The van der Waals surface area contributed by atoms with Crippen molar-refractivity contribution in [2.75, 3.05) is 31.5 Å². The lowest BCUT2D eigenvalue weighted by Crippen LogP contribution is -2.39. The Labute approximate surface area is 152 Å². The van der Waals surface area contributed by atoms with E-state index in [4.69, 9.17) is 0 Å². The predicted molar refractivity (Wildman–Crippen MR) is 98.3 cm³/mol. The number of anilines is 1. The summed E-state index contributed by atoms with van der Waals surface area (Å²) in [6, 6.07) is 15.1. The number of carbonyl (C=O) groups is 2. The van der Waals surface area contributed by atoms with Crippen LogP contribution in [-0.4, -0.2) is 47.9 Å². The number of rotatable bonds is 3. The van der Waals surface area contributed by atoms with Gasteiger partial charge in [-0.3, -0.25) is 4.79 Å². The molecule has 0 unspecified atom stereocenters. The van der Waals surface area contributed by atoms with E-state index in [1.165, 1.54) is 12.1 Å². The molecule has 2 aromatic carbocycles. The fourth-order valence-corrected chi connectivity index (χ4v) is 2.98. The minimum Gasteiger partial charge on any atom is -0.341 e. The number of hydrogen-bond donors (Lipinski definition) is 1. The summed E-state index contributed by atoms with van der Waals surface area (Å²) in [7, 11) is 0. The largest absolute Gasteiger partial charge is 0.341 e. The van der Waals surface area contributed by atoms with Crippen molar-refractivity contribution in [3.8, 4) is 0 Å². The lowest BCUT2D eigenvalue weighted by atomic mass is 10.1. The number of para-hydroxylation sites is 1. The molecule has 5 nitrogen and oxygen atoms in total. The molecule has 136 valence electrons. The first kappa shape index (κ1) is 17.9. The van der Waals surface area contributed by atoms with Crippen LogP contribution >= 0.6 is 0 Å². The third kappa shape index (κ3) is 4.81. The zero-order chi connectivity index (χ0) is 18.4. The second kappa shape index (κ2) is 8.47. The molecule has 0 radical (unpaired) electrons. The van der Waals surface area contributed by atoms with Crippen LogP contribution < -0.4 is 5.32 Å². The van der Waals surface area contributed by atoms with Crippen LogP contribution in [0.2, 0.25) is 0 Å². The van der Waals surface area contributed by atoms with E-state index in [-0.39, 0.29) is 24.2 Å². The first-order valence-corrected chi connectivity index (χ1v) is 8.75. The third-order valence-corrected chi connectivity index (χ3v) is 4.43. The maximum absolute atomic E-state index is 13.0. The van der Waals surface area contributed by atoms with Gasteiger partial charge in [0, 0.05) is 31.9 Å². The van der Waals surface area contributed by atoms with E-state index in [0.29, 0.717) is 26.2 Å². The third-order valence-electron chi connectivity index (χ3n) is 4.43. The average molecular weight is 355 g/mol. The van der Waals surface area contributed by atoms with E-state index in [9.17, 15) is 14.0 Å². The van der Waals surface area contributed by atoms with Crippen molar-refractivity contribution in [3.05, 3.63) is 66.0 Å². The Morgan fingerprint density at radius 1 is 0.885 bits per heavy atom. The topological polar surface area (TPSA) is 52.7 Å². The summed E-state index contributed by atoms with van der Waals surface area (Å²) < 4.78 is 13.0. The van der Waals surface area contributed by atoms with Crippen LogP contribution in [0.15, 0.2) is 54.6 Å². The number of benzene rings is 2. The molecule has 0 spiro atoms. The average Bonchev–Trinajstić information content (AvgIpc) is 2.91. The van der Waals surface area contributed by atoms with E-state index in [0.717, 1.165) is 17.7 Å². The van der Waals surface area contributed by atoms with Crippen molar-refractivity contribution in [2.24, 2.45) is 0 Å². The first-order chi connectivity index (χ1) is 12.6. The summed E-state index contributed by atoms with van der Waals surface area (Å²) in [6.45, 7) is 2.23. The molecule has 1 aliphatic rings. The van der Waals surface area contributed by atoms with Crippen molar-refractivity contribution in [1.82, 2.24) is 9.80 Å². The molecule has 1 fully saturated rings. The smallest absolute Gasteiger partial charge is 0.321 e. The highest BCUT2D eigenvalue weighted by molar-refractivity contribution is 5.89. The van der Waals surface area contributed by atoms with Gasteiger partial charge in [0.25, 0.3) is 0 Å². The minimum atomic E-state index is -0.309. The fraction of sp³-hybridized carbons (Fsp3) is 0.300. The second-order valence-corrected chi connectivity index (χ2v) is 6.32. The van der Waals surface area contributed by atoms with Gasteiger partial charge in [-0.25, -0.2) is 9.18 Å². The highest BCUT2D eigenvalue weighted by atomic mass is 19.1. The molecular weight excluding hydrogens is 333 g/mol. The minimum absolute atomic E-state index is 0.00178. The maximum atomic E-state index is 13.0. The molecule has 0 aromatic heterocycles. The van der Waals surface area contributed by atoms with E-state index < -0.39 is 0 Å². The highest BCUT2D eigenvalue weighted by Gasteiger charge is 2.22. The van der Waals surface area contributed by atoms with Crippen molar-refractivity contribution < 1.29 is 14.0 Å². The molecule has 6 heteroatoms. The number of nitrogens with one attached hydrogen (secondary N) is 1. The van der Waals surface area contributed by atoms with Gasteiger partial charge in [0.15, 0.2) is 0 Å². The molecule has 3 amide bonds. The molecule has 0 saturated carbocycles. The van der Waals surface area contributed by atoms with Gasteiger partial charge >= 0.3 is 6.03 Å². The standard InChI is InChI=1S/C20H22FN3O2/c21-17-9-7-16(8-10-17)15-19(25)23-11-4-12-24(14-13-23)20(26)22-18-5-2-1-3-6-18/h1-3,5-10H,4,11-15H2,(H,22,26).